The number of halogens is 1. The van der Waals surface area contributed by atoms with E-state index in [1.165, 1.54) is 0 Å². The summed E-state index contributed by atoms with van der Waals surface area (Å²) in [7, 11) is 0. The monoisotopic (exact) mass is 368 g/mol. The van der Waals surface area contributed by atoms with Gasteiger partial charge in [0.15, 0.2) is 0 Å². The standard InChI is InChI=1S/C21H21ClN2O2/c1-13-19(16-5-7-17(22)8-6-16)20(21(23)26)14(2)24(13)12-11-15-3-9-18(25)10-4-15/h3-10,25H,11-12H2,1-2H3,(H2,23,26). The van der Waals surface area contributed by atoms with Crippen LogP contribution in [0.1, 0.15) is 27.3 Å². The molecule has 3 N–H and O–H groups in total. The van der Waals surface area contributed by atoms with Crippen LogP contribution in [0.15, 0.2) is 48.5 Å². The molecule has 0 saturated carbocycles. The van der Waals surface area contributed by atoms with E-state index >= 15 is 0 Å². The van der Waals surface area contributed by atoms with Gasteiger partial charge in [0, 0.05) is 28.5 Å². The largest absolute Gasteiger partial charge is 0.508 e. The predicted molar refractivity (Wildman–Crippen MR) is 105 cm³/mol. The third-order valence-corrected chi connectivity index (χ3v) is 4.98. The van der Waals surface area contributed by atoms with Gasteiger partial charge in [-0.1, -0.05) is 35.9 Å². The quantitative estimate of drug-likeness (QED) is 0.697. The van der Waals surface area contributed by atoms with Crippen molar-refractivity contribution < 1.29 is 9.90 Å². The van der Waals surface area contributed by atoms with Gasteiger partial charge in [-0.15, -0.1) is 0 Å². The number of hydrogen-bond acceptors (Lipinski definition) is 2. The molecule has 26 heavy (non-hydrogen) atoms. The topological polar surface area (TPSA) is 68.2 Å². The maximum absolute atomic E-state index is 12.1. The molecule has 0 unspecified atom stereocenters. The first-order chi connectivity index (χ1) is 12.4. The Balaban J connectivity index is 2.00. The Labute approximate surface area is 157 Å². The van der Waals surface area contributed by atoms with Gasteiger partial charge >= 0.3 is 0 Å². The van der Waals surface area contributed by atoms with E-state index in [2.05, 4.69) is 4.57 Å². The fourth-order valence-electron chi connectivity index (χ4n) is 3.39. The molecule has 0 aliphatic rings. The number of phenolic OH excluding ortho intramolecular Hbond substituents is 1. The number of nitrogens with two attached hydrogens (primary N) is 1. The average molecular weight is 369 g/mol. The number of benzene rings is 2. The van der Waals surface area contributed by atoms with Crippen LogP contribution >= 0.6 is 11.6 Å². The summed E-state index contributed by atoms with van der Waals surface area (Å²) in [5.74, 6) is -0.179. The third-order valence-electron chi connectivity index (χ3n) is 4.72. The van der Waals surface area contributed by atoms with Crippen molar-refractivity contribution in [3.8, 4) is 16.9 Å². The molecule has 3 rings (SSSR count). The molecule has 3 aromatic rings. The van der Waals surface area contributed by atoms with Gasteiger partial charge in [-0.25, -0.2) is 0 Å². The number of carbonyl (C=O) groups excluding carboxylic acids is 1. The van der Waals surface area contributed by atoms with Gasteiger partial charge in [0.1, 0.15) is 5.75 Å². The van der Waals surface area contributed by atoms with Crippen LogP contribution in [0.3, 0.4) is 0 Å². The summed E-state index contributed by atoms with van der Waals surface area (Å²) in [6, 6.07) is 14.6. The number of carbonyl (C=O) groups is 1. The first-order valence-electron chi connectivity index (χ1n) is 8.42. The summed E-state index contributed by atoms with van der Waals surface area (Å²) in [4.78, 5) is 12.1. The molecule has 0 fully saturated rings. The zero-order chi connectivity index (χ0) is 18.8. The van der Waals surface area contributed by atoms with Gasteiger partial charge in [-0.05, 0) is 55.7 Å². The number of phenols is 1. The Kier molecular flexibility index (Phi) is 5.05. The van der Waals surface area contributed by atoms with Crippen LogP contribution < -0.4 is 5.73 Å². The lowest BCUT2D eigenvalue weighted by molar-refractivity contribution is 0.1000. The summed E-state index contributed by atoms with van der Waals surface area (Å²) in [5, 5.41) is 10.1. The summed E-state index contributed by atoms with van der Waals surface area (Å²) in [5.41, 5.74) is 11.0. The number of rotatable bonds is 5. The first kappa shape index (κ1) is 18.1. The van der Waals surface area contributed by atoms with Crippen molar-refractivity contribution in [3.63, 3.8) is 0 Å². The molecule has 2 aromatic carbocycles. The molecule has 1 amide bonds. The summed E-state index contributed by atoms with van der Waals surface area (Å²) in [6.07, 6.45) is 0.787. The van der Waals surface area contributed by atoms with Gasteiger partial charge in [0.25, 0.3) is 5.91 Å². The van der Waals surface area contributed by atoms with Gasteiger partial charge in [-0.3, -0.25) is 4.79 Å². The Morgan fingerprint density at radius 2 is 1.65 bits per heavy atom. The molecule has 0 radical (unpaired) electrons. The highest BCUT2D eigenvalue weighted by Crippen LogP contribution is 2.33. The van der Waals surface area contributed by atoms with Gasteiger partial charge in [0.05, 0.1) is 5.56 Å². The van der Waals surface area contributed by atoms with Crippen LogP contribution in [0.4, 0.5) is 0 Å². The molecule has 0 aliphatic carbocycles. The van der Waals surface area contributed by atoms with E-state index in [1.54, 1.807) is 12.1 Å². The van der Waals surface area contributed by atoms with Crippen LogP contribution in [-0.2, 0) is 13.0 Å². The Morgan fingerprint density at radius 1 is 1.04 bits per heavy atom. The van der Waals surface area contributed by atoms with E-state index in [1.807, 2.05) is 50.2 Å². The van der Waals surface area contributed by atoms with Crippen LogP contribution in [0.25, 0.3) is 11.1 Å². The SMILES string of the molecule is Cc1c(C(N)=O)c(-c2ccc(Cl)cc2)c(C)n1CCc1ccc(O)cc1. The van der Waals surface area contributed by atoms with Crippen LogP contribution in [0.2, 0.25) is 5.02 Å². The molecule has 134 valence electrons. The maximum atomic E-state index is 12.1. The number of aryl methyl sites for hydroxylation is 1. The summed E-state index contributed by atoms with van der Waals surface area (Å²) >= 11 is 5.99. The van der Waals surface area contributed by atoms with E-state index in [9.17, 15) is 9.90 Å². The molecule has 5 heteroatoms. The fraction of sp³-hybridized carbons (Fsp3) is 0.190. The average Bonchev–Trinajstić information content (AvgIpc) is 2.86. The first-order valence-corrected chi connectivity index (χ1v) is 8.79. The number of hydrogen-bond donors (Lipinski definition) is 2. The summed E-state index contributed by atoms with van der Waals surface area (Å²) < 4.78 is 2.12. The molecule has 0 aliphatic heterocycles. The number of primary amides is 1. The molecule has 4 nitrogen and oxygen atoms in total. The van der Waals surface area contributed by atoms with E-state index in [4.69, 9.17) is 17.3 Å². The molecule has 1 heterocycles. The van der Waals surface area contributed by atoms with Crippen LogP contribution in [0.5, 0.6) is 5.75 Å². The van der Waals surface area contributed by atoms with Crippen LogP contribution in [-0.4, -0.2) is 15.6 Å². The van der Waals surface area contributed by atoms with Gasteiger partial charge in [0.2, 0.25) is 0 Å². The maximum Gasteiger partial charge on any atom is 0.251 e. The molecule has 0 bridgehead atoms. The van der Waals surface area contributed by atoms with Gasteiger partial charge in [-0.2, -0.15) is 0 Å². The zero-order valence-electron chi connectivity index (χ0n) is 14.8. The molecule has 0 spiro atoms. The van der Waals surface area contributed by atoms with Crippen molar-refractivity contribution in [2.24, 2.45) is 5.73 Å². The van der Waals surface area contributed by atoms with Crippen molar-refractivity contribution in [1.82, 2.24) is 4.57 Å². The van der Waals surface area contributed by atoms with Crippen molar-refractivity contribution in [1.29, 1.82) is 0 Å². The van der Waals surface area contributed by atoms with E-state index in [0.29, 0.717) is 10.6 Å². The molecular weight excluding hydrogens is 348 g/mol. The minimum atomic E-state index is -0.432. The van der Waals surface area contributed by atoms with Crippen molar-refractivity contribution in [2.75, 3.05) is 0 Å². The van der Waals surface area contributed by atoms with Crippen LogP contribution in [0, 0.1) is 13.8 Å². The van der Waals surface area contributed by atoms with E-state index in [0.717, 1.165) is 41.0 Å². The third kappa shape index (κ3) is 3.46. The lowest BCUT2D eigenvalue weighted by Crippen LogP contribution is -2.13. The highest BCUT2D eigenvalue weighted by molar-refractivity contribution is 6.30. The second kappa shape index (κ2) is 7.26. The number of aromatic nitrogens is 1. The molecular formula is C21H21ClN2O2. The Bertz CT molecular complexity index is 942. The van der Waals surface area contributed by atoms with E-state index < -0.39 is 5.91 Å². The second-order valence-corrected chi connectivity index (χ2v) is 6.80. The normalized spacial score (nSPS) is 10.9. The summed E-state index contributed by atoms with van der Waals surface area (Å²) in [6.45, 7) is 4.64. The van der Waals surface area contributed by atoms with Crippen molar-refractivity contribution >= 4 is 17.5 Å². The molecule has 0 saturated heterocycles. The minimum Gasteiger partial charge on any atom is -0.508 e. The van der Waals surface area contributed by atoms with Gasteiger partial charge < -0.3 is 15.4 Å². The smallest absolute Gasteiger partial charge is 0.251 e. The fourth-order valence-corrected chi connectivity index (χ4v) is 3.52. The minimum absolute atomic E-state index is 0.253. The van der Waals surface area contributed by atoms with Crippen molar-refractivity contribution in [3.05, 3.63) is 76.1 Å². The predicted octanol–water partition coefficient (Wildman–Crippen LogP) is 4.47. The zero-order valence-corrected chi connectivity index (χ0v) is 15.5. The second-order valence-electron chi connectivity index (χ2n) is 6.36. The molecule has 0 atom stereocenters. The lowest BCUT2D eigenvalue weighted by Gasteiger charge is -2.10. The lowest BCUT2D eigenvalue weighted by atomic mass is 10.0. The van der Waals surface area contributed by atoms with E-state index in [-0.39, 0.29) is 5.75 Å². The highest BCUT2D eigenvalue weighted by Gasteiger charge is 2.22. The van der Waals surface area contributed by atoms with Crippen molar-refractivity contribution in [2.45, 2.75) is 26.8 Å². The Hall–Kier alpha value is -2.72. The number of aromatic hydroxyl groups is 1. The number of nitrogens with zero attached hydrogens (tertiary/aromatic N) is 1. The number of amides is 1. The Morgan fingerprint density at radius 3 is 2.23 bits per heavy atom. The highest BCUT2D eigenvalue weighted by atomic mass is 35.5. The molecule has 1 aromatic heterocycles.